The Hall–Kier alpha value is -7.02. The van der Waals surface area contributed by atoms with Crippen molar-refractivity contribution >= 4 is 64.1 Å². The molecule has 0 atom stereocenters. The molecule has 4 heterocycles. The third-order valence-electron chi connectivity index (χ3n) is 9.86. The molecule has 0 aliphatic carbocycles. The first-order valence-corrected chi connectivity index (χ1v) is 18.2. The molecule has 0 saturated heterocycles. The average Bonchev–Trinajstić information content (AvgIpc) is 3.87. The lowest BCUT2D eigenvalue weighted by Crippen LogP contribution is -2.04. The average molecular weight is 715 g/mol. The van der Waals surface area contributed by atoms with E-state index >= 15 is 0 Å². The maximum Gasteiger partial charge on any atom is 0.166 e. The number of thiophene rings is 1. The molecule has 0 N–H and O–H groups in total. The van der Waals surface area contributed by atoms with Gasteiger partial charge in [-0.05, 0) is 58.9 Å². The van der Waals surface area contributed by atoms with Crippen LogP contribution in [0.15, 0.2) is 176 Å². The first kappa shape index (κ1) is 24.3. The Kier molecular flexibility index (Phi) is 5.53. The molecule has 0 fully saturated rings. The summed E-state index contributed by atoms with van der Waals surface area (Å²) in [6.45, 7) is 0. The van der Waals surface area contributed by atoms with E-state index in [9.17, 15) is 0 Å². The van der Waals surface area contributed by atoms with E-state index in [0.717, 1.165) is 33.0 Å². The minimum Gasteiger partial charge on any atom is -0.309 e. The molecule has 252 valence electrons. The normalized spacial score (nSPS) is 13.5. The van der Waals surface area contributed by atoms with Crippen LogP contribution in [0.2, 0.25) is 0 Å². The van der Waals surface area contributed by atoms with Crippen LogP contribution in [0.4, 0.5) is 0 Å². The summed E-state index contributed by atoms with van der Waals surface area (Å²) in [5.74, 6) is 1.09. The number of fused-ring (bicyclic) bond motifs is 7. The molecule has 0 spiro atoms. The van der Waals surface area contributed by atoms with Gasteiger partial charge < -0.3 is 4.57 Å². The standard InChI is InChI=1S/C48H29N5S/c1-5-22-41-35(15-1)36-16-2-6-23-42(36)53(41)43-24-7-3-18-40(43)48-51-46(50-47(52-48)39-21-10-14-32-29-49-27-26-33(32)39)31-13-9-12-30(28-31)34-19-11-20-38-37-17-4-8-25-44(37)54-45(34)38/h1-29H/i1D,2D,5D,15D,16D,22D,23D. The first-order chi connectivity index (χ1) is 29.7. The van der Waals surface area contributed by atoms with E-state index in [1.54, 1.807) is 40.4 Å². The van der Waals surface area contributed by atoms with Crippen LogP contribution >= 0.6 is 11.3 Å². The summed E-state index contributed by atoms with van der Waals surface area (Å²) in [6, 6.07) is 37.1. The second-order valence-corrected chi connectivity index (χ2v) is 14.0. The zero-order valence-corrected chi connectivity index (χ0v) is 29.2. The smallest absolute Gasteiger partial charge is 0.166 e. The molecule has 0 radical (unpaired) electrons. The van der Waals surface area contributed by atoms with Gasteiger partial charge in [0.05, 0.1) is 26.3 Å². The number of hydrogen-bond acceptors (Lipinski definition) is 5. The van der Waals surface area contributed by atoms with Crippen LogP contribution in [0.5, 0.6) is 0 Å². The van der Waals surface area contributed by atoms with Gasteiger partial charge in [-0.2, -0.15) is 0 Å². The Bertz CT molecular complexity index is 3650. The van der Waals surface area contributed by atoms with E-state index in [4.69, 9.17) is 24.5 Å². The molecule has 0 aliphatic rings. The second kappa shape index (κ2) is 12.3. The number of para-hydroxylation sites is 3. The van der Waals surface area contributed by atoms with Crippen molar-refractivity contribution in [2.45, 2.75) is 0 Å². The largest absolute Gasteiger partial charge is 0.309 e. The van der Waals surface area contributed by atoms with Gasteiger partial charge in [0.1, 0.15) is 0 Å². The van der Waals surface area contributed by atoms with Crippen LogP contribution in [0.1, 0.15) is 9.60 Å². The van der Waals surface area contributed by atoms with Crippen molar-refractivity contribution in [3.63, 3.8) is 0 Å². The molecule has 54 heavy (non-hydrogen) atoms. The molecule has 5 nitrogen and oxygen atoms in total. The highest BCUT2D eigenvalue weighted by Gasteiger charge is 2.20. The zero-order chi connectivity index (χ0) is 41.7. The second-order valence-electron chi connectivity index (χ2n) is 12.9. The van der Waals surface area contributed by atoms with Gasteiger partial charge in [-0.3, -0.25) is 4.98 Å². The van der Waals surface area contributed by atoms with Crippen LogP contribution < -0.4 is 0 Å². The fourth-order valence-electron chi connectivity index (χ4n) is 7.43. The highest BCUT2D eigenvalue weighted by atomic mass is 32.1. The number of hydrogen-bond donors (Lipinski definition) is 0. The van der Waals surface area contributed by atoms with Gasteiger partial charge >= 0.3 is 0 Å². The Morgan fingerprint density at radius 2 is 1.20 bits per heavy atom. The molecule has 0 bridgehead atoms. The predicted octanol–water partition coefficient (Wildman–Crippen LogP) is 12.6. The third-order valence-corrected chi connectivity index (χ3v) is 11.1. The summed E-state index contributed by atoms with van der Waals surface area (Å²) in [4.78, 5) is 19.8. The molecule has 6 heteroatoms. The summed E-state index contributed by atoms with van der Waals surface area (Å²) >= 11 is 1.76. The molecule has 0 unspecified atom stereocenters. The summed E-state index contributed by atoms with van der Waals surface area (Å²) < 4.78 is 65.8. The van der Waals surface area contributed by atoms with Crippen LogP contribution in [-0.2, 0) is 0 Å². The van der Waals surface area contributed by atoms with E-state index in [1.165, 1.54) is 26.2 Å². The minimum atomic E-state index is -0.464. The number of pyridine rings is 1. The summed E-state index contributed by atoms with van der Waals surface area (Å²) in [6.07, 6.45) is 3.52. The van der Waals surface area contributed by atoms with Crippen LogP contribution in [-0.4, -0.2) is 24.5 Å². The van der Waals surface area contributed by atoms with Gasteiger partial charge in [-0.25, -0.2) is 15.0 Å². The molecular formula is C48H29N5S. The van der Waals surface area contributed by atoms with E-state index in [0.29, 0.717) is 22.9 Å². The summed E-state index contributed by atoms with van der Waals surface area (Å²) in [7, 11) is 0. The topological polar surface area (TPSA) is 56.5 Å². The fraction of sp³-hybridized carbons (Fsp3) is 0. The molecule has 11 rings (SSSR count). The van der Waals surface area contributed by atoms with E-state index in [2.05, 4.69) is 59.6 Å². The van der Waals surface area contributed by atoms with Crippen molar-refractivity contribution in [3.05, 3.63) is 176 Å². The molecule has 0 amide bonds. The van der Waals surface area contributed by atoms with Gasteiger partial charge in [-0.1, -0.05) is 121 Å². The number of rotatable bonds is 5. The predicted molar refractivity (Wildman–Crippen MR) is 224 cm³/mol. The van der Waals surface area contributed by atoms with Gasteiger partial charge in [0.2, 0.25) is 0 Å². The van der Waals surface area contributed by atoms with Crippen molar-refractivity contribution in [2.75, 3.05) is 0 Å². The quantitative estimate of drug-likeness (QED) is 0.178. The lowest BCUT2D eigenvalue weighted by atomic mass is 10.0. The highest BCUT2D eigenvalue weighted by molar-refractivity contribution is 7.26. The van der Waals surface area contributed by atoms with Crippen LogP contribution in [0, 0.1) is 0 Å². The molecule has 0 aliphatic heterocycles. The highest BCUT2D eigenvalue weighted by Crippen LogP contribution is 2.41. The molecular weight excluding hydrogens is 679 g/mol. The lowest BCUT2D eigenvalue weighted by molar-refractivity contribution is 1.07. The van der Waals surface area contributed by atoms with E-state index in [-0.39, 0.29) is 57.8 Å². The third kappa shape index (κ3) is 4.85. The summed E-state index contributed by atoms with van der Waals surface area (Å²) in [5.41, 5.74) is 4.78. The minimum absolute atomic E-state index is 0.0651. The van der Waals surface area contributed by atoms with Gasteiger partial charge in [0.25, 0.3) is 0 Å². The maximum absolute atomic E-state index is 9.13. The van der Waals surface area contributed by atoms with Gasteiger partial charge in [0, 0.05) is 65.4 Å². The Morgan fingerprint density at radius 1 is 0.500 bits per heavy atom. The Labute approximate surface area is 324 Å². The zero-order valence-electron chi connectivity index (χ0n) is 35.3. The molecule has 11 aromatic rings. The number of nitrogens with zero attached hydrogens (tertiary/aromatic N) is 5. The first-order valence-electron chi connectivity index (χ1n) is 20.9. The lowest BCUT2D eigenvalue weighted by Gasteiger charge is -2.15. The van der Waals surface area contributed by atoms with Crippen LogP contribution in [0.3, 0.4) is 0 Å². The van der Waals surface area contributed by atoms with Crippen LogP contribution in [0.25, 0.3) is 104 Å². The Morgan fingerprint density at radius 3 is 2.17 bits per heavy atom. The summed E-state index contributed by atoms with van der Waals surface area (Å²) in [5, 5.41) is 4.37. The Balaban J connectivity index is 1.19. The van der Waals surface area contributed by atoms with Crippen molar-refractivity contribution < 1.29 is 9.60 Å². The maximum atomic E-state index is 9.13. The molecule has 0 saturated carbocycles. The number of aromatic nitrogens is 5. The van der Waals surface area contributed by atoms with Crippen molar-refractivity contribution in [2.24, 2.45) is 0 Å². The molecule has 7 aromatic carbocycles. The fourth-order valence-corrected chi connectivity index (χ4v) is 8.67. The van der Waals surface area contributed by atoms with Crippen molar-refractivity contribution in [1.29, 1.82) is 0 Å². The molecule has 4 aromatic heterocycles. The monoisotopic (exact) mass is 714 g/mol. The van der Waals surface area contributed by atoms with E-state index < -0.39 is 12.1 Å². The van der Waals surface area contributed by atoms with Gasteiger partial charge in [-0.15, -0.1) is 11.3 Å². The SMILES string of the molecule is [2H]c1cc([2H])c2c(c1[2H])c1c([2H])c([2H])c([2H])c([2H])c1n2-c1ccccc1-c1nc(-c2cccc(-c3cccc4c3sc3ccccc34)c2)nc(-c2cccc3cnccc23)n1. The van der Waals surface area contributed by atoms with E-state index in [1.807, 2.05) is 48.5 Å². The van der Waals surface area contributed by atoms with Gasteiger partial charge in [0.15, 0.2) is 17.5 Å². The van der Waals surface area contributed by atoms with Crippen molar-refractivity contribution in [1.82, 2.24) is 24.5 Å². The number of benzene rings is 7. The van der Waals surface area contributed by atoms with Crippen molar-refractivity contribution in [3.8, 4) is 51.0 Å².